The number of nitrogens with one attached hydrogen (secondary N) is 1. The van der Waals surface area contributed by atoms with Crippen LogP contribution in [0.5, 0.6) is 0 Å². The van der Waals surface area contributed by atoms with Gasteiger partial charge in [0, 0.05) is 34.9 Å². The van der Waals surface area contributed by atoms with Crippen LogP contribution in [-0.2, 0) is 15.6 Å². The Morgan fingerprint density at radius 2 is 1.90 bits per heavy atom. The van der Waals surface area contributed by atoms with Gasteiger partial charge >= 0.3 is 12.0 Å². The van der Waals surface area contributed by atoms with Gasteiger partial charge in [0.05, 0.1) is 0 Å². The van der Waals surface area contributed by atoms with E-state index in [1.807, 2.05) is 6.92 Å². The minimum atomic E-state index is -0.933. The number of aliphatic carboxylic acids is 1. The van der Waals surface area contributed by atoms with Crippen LogP contribution in [0.3, 0.4) is 0 Å². The Bertz CT molecular complexity index is 405. The van der Waals surface area contributed by atoms with Crippen LogP contribution in [0, 0.1) is 5.92 Å². The zero-order valence-electron chi connectivity index (χ0n) is 11.7. The van der Waals surface area contributed by atoms with Gasteiger partial charge in [0.15, 0.2) is 0 Å². The highest BCUT2D eigenvalue weighted by atomic mass is 32.2. The summed E-state index contributed by atoms with van der Waals surface area (Å²) in [6, 6.07) is -1.00. The summed E-state index contributed by atoms with van der Waals surface area (Å²) < 4.78 is 11.3. The summed E-state index contributed by atoms with van der Waals surface area (Å²) in [4.78, 5) is 25.1. The second kappa shape index (κ2) is 6.56. The zero-order valence-corrected chi connectivity index (χ0v) is 12.5. The minimum absolute atomic E-state index is 0.0203. The van der Waals surface area contributed by atoms with Crippen molar-refractivity contribution in [2.45, 2.75) is 44.7 Å². The van der Waals surface area contributed by atoms with Gasteiger partial charge in [0.25, 0.3) is 0 Å². The van der Waals surface area contributed by atoms with Crippen molar-refractivity contribution in [2.24, 2.45) is 5.92 Å². The monoisotopic (exact) mass is 302 g/mol. The molecule has 0 aliphatic carbocycles. The Labute approximate surface area is 121 Å². The third-order valence-electron chi connectivity index (χ3n) is 4.16. The number of likely N-dealkylation sites (tertiary alicyclic amines) is 1. The Morgan fingerprint density at radius 3 is 2.50 bits per heavy atom. The van der Waals surface area contributed by atoms with E-state index in [4.69, 9.17) is 0 Å². The van der Waals surface area contributed by atoms with Gasteiger partial charge in [-0.3, -0.25) is 4.21 Å². The van der Waals surface area contributed by atoms with E-state index in [2.05, 4.69) is 5.32 Å². The van der Waals surface area contributed by atoms with Gasteiger partial charge in [-0.1, -0.05) is 6.92 Å². The molecule has 114 valence electrons. The number of urea groups is 1. The molecule has 0 spiro atoms. The number of carbonyl (C=O) groups excluding carboxylic acids is 1. The summed E-state index contributed by atoms with van der Waals surface area (Å²) in [7, 11) is -0.760. The van der Waals surface area contributed by atoms with Gasteiger partial charge in [-0.15, -0.1) is 0 Å². The highest BCUT2D eigenvalue weighted by Gasteiger charge is 2.37. The number of carboxylic acids is 1. The van der Waals surface area contributed by atoms with Gasteiger partial charge in [-0.05, 0) is 31.6 Å². The lowest BCUT2D eigenvalue weighted by Gasteiger charge is -2.38. The molecule has 2 amide bonds. The van der Waals surface area contributed by atoms with Crippen molar-refractivity contribution in [3.8, 4) is 0 Å². The molecular weight excluding hydrogens is 280 g/mol. The van der Waals surface area contributed by atoms with Gasteiger partial charge in [-0.25, -0.2) is 9.59 Å². The van der Waals surface area contributed by atoms with Crippen LogP contribution in [-0.4, -0.2) is 56.3 Å². The number of nitrogens with zero attached hydrogens (tertiary/aromatic N) is 1. The maximum Gasteiger partial charge on any atom is 0.326 e. The van der Waals surface area contributed by atoms with Gasteiger partial charge in [0.1, 0.15) is 6.04 Å². The summed E-state index contributed by atoms with van der Waals surface area (Å²) >= 11 is 0. The predicted octanol–water partition coefficient (Wildman–Crippen LogP) is 0.792. The van der Waals surface area contributed by atoms with E-state index in [1.54, 1.807) is 0 Å². The molecule has 0 aromatic heterocycles. The third kappa shape index (κ3) is 3.50. The van der Waals surface area contributed by atoms with Crippen LogP contribution in [0.2, 0.25) is 0 Å². The number of hydrogen-bond donors (Lipinski definition) is 2. The predicted molar refractivity (Wildman–Crippen MR) is 76.0 cm³/mol. The molecule has 2 atom stereocenters. The summed E-state index contributed by atoms with van der Waals surface area (Å²) in [6.45, 7) is 2.37. The molecule has 0 bridgehead atoms. The van der Waals surface area contributed by atoms with E-state index in [1.165, 1.54) is 4.90 Å². The minimum Gasteiger partial charge on any atom is -0.480 e. The molecule has 2 fully saturated rings. The fourth-order valence-corrected chi connectivity index (χ4v) is 4.29. The lowest BCUT2D eigenvalue weighted by atomic mass is 9.91. The molecule has 0 aromatic rings. The summed E-state index contributed by atoms with van der Waals surface area (Å²) in [5, 5.41) is 12.2. The van der Waals surface area contributed by atoms with Crippen LogP contribution in [0.25, 0.3) is 0 Å². The molecule has 0 aromatic carbocycles. The number of rotatable bonds is 2. The molecule has 0 radical (unpaired) electrons. The quantitative estimate of drug-likeness (QED) is 0.789. The standard InChI is InChI=1S/C13H22N2O4S/c1-9-3-2-6-15(11(9)12(16)17)13(18)14-10-4-7-20(19)8-5-10/h9-11H,2-8H2,1H3,(H,14,18)(H,16,17). The van der Waals surface area contributed by atoms with Crippen molar-refractivity contribution in [3.05, 3.63) is 0 Å². The third-order valence-corrected chi connectivity index (χ3v) is 5.54. The van der Waals surface area contributed by atoms with Crippen molar-refractivity contribution in [1.29, 1.82) is 0 Å². The van der Waals surface area contributed by atoms with Crippen molar-refractivity contribution in [2.75, 3.05) is 18.1 Å². The Morgan fingerprint density at radius 1 is 1.25 bits per heavy atom. The van der Waals surface area contributed by atoms with E-state index in [0.29, 0.717) is 30.9 Å². The first kappa shape index (κ1) is 15.3. The fourth-order valence-electron chi connectivity index (χ4n) is 2.99. The largest absolute Gasteiger partial charge is 0.480 e. The first-order valence-corrected chi connectivity index (χ1v) is 8.62. The van der Waals surface area contributed by atoms with Crippen molar-refractivity contribution in [1.82, 2.24) is 10.2 Å². The van der Waals surface area contributed by atoms with E-state index in [0.717, 1.165) is 12.8 Å². The number of amides is 2. The normalized spacial score (nSPS) is 34.5. The number of carbonyl (C=O) groups is 2. The highest BCUT2D eigenvalue weighted by Crippen LogP contribution is 2.24. The SMILES string of the molecule is CC1CCCN(C(=O)NC2CCS(=O)CC2)C1C(=O)O. The topological polar surface area (TPSA) is 86.7 Å². The molecule has 2 N–H and O–H groups in total. The highest BCUT2D eigenvalue weighted by molar-refractivity contribution is 7.85. The number of piperidine rings is 1. The van der Waals surface area contributed by atoms with E-state index >= 15 is 0 Å². The molecule has 2 saturated heterocycles. The smallest absolute Gasteiger partial charge is 0.326 e. The molecule has 6 nitrogen and oxygen atoms in total. The number of carboxylic acid groups (broad SMARTS) is 1. The maximum atomic E-state index is 12.3. The molecule has 20 heavy (non-hydrogen) atoms. The molecule has 2 rings (SSSR count). The van der Waals surface area contributed by atoms with Gasteiger partial charge < -0.3 is 15.3 Å². The second-order valence-corrected chi connectivity index (χ2v) is 7.36. The average Bonchev–Trinajstić information content (AvgIpc) is 2.40. The molecule has 0 saturated carbocycles. The van der Waals surface area contributed by atoms with Crippen LogP contribution in [0.1, 0.15) is 32.6 Å². The zero-order chi connectivity index (χ0) is 14.7. The molecule has 2 heterocycles. The first-order chi connectivity index (χ1) is 9.49. The van der Waals surface area contributed by atoms with E-state index in [9.17, 15) is 18.9 Å². The lowest BCUT2D eigenvalue weighted by Crippen LogP contribution is -2.57. The van der Waals surface area contributed by atoms with E-state index in [-0.39, 0.29) is 18.0 Å². The second-order valence-electron chi connectivity index (χ2n) is 5.67. The van der Waals surface area contributed by atoms with E-state index < -0.39 is 22.8 Å². The maximum absolute atomic E-state index is 12.3. The van der Waals surface area contributed by atoms with Crippen LogP contribution >= 0.6 is 0 Å². The van der Waals surface area contributed by atoms with Crippen molar-refractivity contribution >= 4 is 22.8 Å². The Hall–Kier alpha value is -1.11. The average molecular weight is 302 g/mol. The Balaban J connectivity index is 1.96. The van der Waals surface area contributed by atoms with Crippen molar-refractivity contribution in [3.63, 3.8) is 0 Å². The summed E-state index contributed by atoms with van der Waals surface area (Å²) in [5.41, 5.74) is 0. The van der Waals surface area contributed by atoms with Crippen LogP contribution in [0.4, 0.5) is 4.79 Å². The first-order valence-electron chi connectivity index (χ1n) is 7.14. The van der Waals surface area contributed by atoms with Gasteiger partial charge in [0.2, 0.25) is 0 Å². The molecular formula is C13H22N2O4S. The fraction of sp³-hybridized carbons (Fsp3) is 0.846. The number of hydrogen-bond acceptors (Lipinski definition) is 3. The molecule has 7 heteroatoms. The molecule has 2 aliphatic heterocycles. The Kier molecular flexibility index (Phi) is 5.01. The molecule has 2 aliphatic rings. The van der Waals surface area contributed by atoms with Crippen LogP contribution < -0.4 is 5.32 Å². The molecule has 2 unspecified atom stereocenters. The summed E-state index contributed by atoms with van der Waals surface area (Å²) in [6.07, 6.45) is 3.09. The van der Waals surface area contributed by atoms with Crippen LogP contribution in [0.15, 0.2) is 0 Å². The van der Waals surface area contributed by atoms with Crippen molar-refractivity contribution < 1.29 is 18.9 Å². The lowest BCUT2D eigenvalue weighted by molar-refractivity contribution is -0.145. The van der Waals surface area contributed by atoms with Gasteiger partial charge in [-0.2, -0.15) is 0 Å². The summed E-state index contributed by atoms with van der Waals surface area (Å²) in [5.74, 6) is 0.274.